The zero-order chi connectivity index (χ0) is 16.5. The third kappa shape index (κ3) is 2.46. The summed E-state index contributed by atoms with van der Waals surface area (Å²) in [5, 5.41) is 7.78. The zero-order valence-electron chi connectivity index (χ0n) is 13.4. The van der Waals surface area contributed by atoms with E-state index in [2.05, 4.69) is 10.4 Å². The van der Waals surface area contributed by atoms with Gasteiger partial charge in [-0.2, -0.15) is 9.61 Å². The molecule has 24 heavy (non-hydrogen) atoms. The van der Waals surface area contributed by atoms with Crippen LogP contribution in [0.5, 0.6) is 5.88 Å². The van der Waals surface area contributed by atoms with E-state index in [1.165, 1.54) is 0 Å². The molecule has 3 aromatic heterocycles. The molecule has 4 heterocycles. The van der Waals surface area contributed by atoms with Crippen LogP contribution in [-0.4, -0.2) is 41.1 Å². The first-order valence-electron chi connectivity index (χ1n) is 7.97. The smallest absolute Gasteiger partial charge is 0.217 e. The molecule has 1 atom stereocenters. The molecular weight excluding hydrogens is 308 g/mol. The fourth-order valence-electron chi connectivity index (χ4n) is 3.17. The summed E-state index contributed by atoms with van der Waals surface area (Å²) in [5.41, 5.74) is 3.29. The number of carbonyl (C=O) groups excluding carboxylic acids is 1. The zero-order valence-corrected chi connectivity index (χ0v) is 13.4. The third-order valence-electron chi connectivity index (χ3n) is 4.43. The van der Waals surface area contributed by atoms with E-state index >= 15 is 0 Å². The third-order valence-corrected chi connectivity index (χ3v) is 4.43. The van der Waals surface area contributed by atoms with Gasteiger partial charge in [0.2, 0.25) is 5.88 Å². The Morgan fingerprint density at radius 1 is 1.46 bits per heavy atom. The van der Waals surface area contributed by atoms with Crippen LogP contribution < -0.4 is 10.1 Å². The number of carbonyl (C=O) groups is 1. The highest BCUT2D eigenvalue weighted by Gasteiger charge is 2.21. The van der Waals surface area contributed by atoms with E-state index in [9.17, 15) is 4.79 Å². The minimum absolute atomic E-state index is 0.281. The van der Waals surface area contributed by atoms with Crippen LogP contribution in [0, 0.1) is 0 Å². The number of piperidine rings is 1. The van der Waals surface area contributed by atoms with Gasteiger partial charge in [0.1, 0.15) is 0 Å². The van der Waals surface area contributed by atoms with Gasteiger partial charge in [-0.3, -0.25) is 4.79 Å². The molecule has 0 spiro atoms. The monoisotopic (exact) mass is 326 g/mol. The molecule has 1 aliphatic rings. The summed E-state index contributed by atoms with van der Waals surface area (Å²) in [5.74, 6) is 1.28. The standard InChI is InChI=1S/C17H18N4O3/c1-23-16-6-15(11-3-2-4-18-7-11)20-17-14(8-19-21(16)17)12-5-13(9-22)24-10-12/h5-6,8-11,18H,2-4,7H2,1H3. The second-order valence-electron chi connectivity index (χ2n) is 5.92. The molecule has 0 radical (unpaired) electrons. The van der Waals surface area contributed by atoms with Crippen LogP contribution in [0.1, 0.15) is 35.0 Å². The van der Waals surface area contributed by atoms with Gasteiger partial charge in [-0.15, -0.1) is 0 Å². The lowest BCUT2D eigenvalue weighted by atomic mass is 9.96. The van der Waals surface area contributed by atoms with Crippen molar-refractivity contribution in [3.63, 3.8) is 0 Å². The Labute approximate surface area is 138 Å². The predicted octanol–water partition coefficient (Wildman–Crippen LogP) is 2.28. The van der Waals surface area contributed by atoms with Crippen molar-refractivity contribution in [1.29, 1.82) is 0 Å². The van der Waals surface area contributed by atoms with Gasteiger partial charge >= 0.3 is 0 Å². The molecular formula is C17H18N4O3. The first kappa shape index (κ1) is 14.9. The van der Waals surface area contributed by atoms with Crippen molar-refractivity contribution in [2.75, 3.05) is 20.2 Å². The first-order valence-corrected chi connectivity index (χ1v) is 7.97. The number of aromatic nitrogens is 3. The number of fused-ring (bicyclic) bond motifs is 1. The highest BCUT2D eigenvalue weighted by molar-refractivity contribution is 5.81. The Bertz CT molecular complexity index is 877. The van der Waals surface area contributed by atoms with Gasteiger partial charge in [0, 0.05) is 29.7 Å². The largest absolute Gasteiger partial charge is 0.481 e. The maximum Gasteiger partial charge on any atom is 0.217 e. The van der Waals surface area contributed by atoms with Crippen LogP contribution in [0.3, 0.4) is 0 Å². The quantitative estimate of drug-likeness (QED) is 0.741. The number of hydrogen-bond acceptors (Lipinski definition) is 6. The second-order valence-corrected chi connectivity index (χ2v) is 5.92. The lowest BCUT2D eigenvalue weighted by molar-refractivity contribution is 0.110. The van der Waals surface area contributed by atoms with Crippen molar-refractivity contribution in [2.45, 2.75) is 18.8 Å². The number of methoxy groups -OCH3 is 1. The number of hydrogen-bond donors (Lipinski definition) is 1. The fraction of sp³-hybridized carbons (Fsp3) is 0.353. The number of nitrogens with one attached hydrogen (secondary N) is 1. The summed E-state index contributed by atoms with van der Waals surface area (Å²) < 4.78 is 12.4. The average molecular weight is 326 g/mol. The normalized spacial score (nSPS) is 18.0. The number of ether oxygens (including phenoxy) is 1. The molecule has 1 unspecified atom stereocenters. The minimum atomic E-state index is 0.281. The number of rotatable bonds is 4. The molecule has 3 aromatic rings. The number of nitrogens with zero attached hydrogens (tertiary/aromatic N) is 3. The molecule has 0 saturated carbocycles. The summed E-state index contributed by atoms with van der Waals surface area (Å²) >= 11 is 0. The van der Waals surface area contributed by atoms with Crippen molar-refractivity contribution in [3.8, 4) is 17.0 Å². The molecule has 0 aliphatic carbocycles. The van der Waals surface area contributed by atoms with Gasteiger partial charge in [-0.1, -0.05) is 0 Å². The van der Waals surface area contributed by atoms with Gasteiger partial charge in [-0.25, -0.2) is 4.98 Å². The molecule has 1 N–H and O–H groups in total. The van der Waals surface area contributed by atoms with Gasteiger partial charge < -0.3 is 14.5 Å². The molecule has 7 nitrogen and oxygen atoms in total. The fourth-order valence-corrected chi connectivity index (χ4v) is 3.17. The van der Waals surface area contributed by atoms with Crippen molar-refractivity contribution >= 4 is 11.9 Å². The molecule has 0 bridgehead atoms. The molecule has 0 amide bonds. The summed E-state index contributed by atoms with van der Waals surface area (Å²) in [6, 6.07) is 3.64. The lowest BCUT2D eigenvalue weighted by Gasteiger charge is -2.22. The van der Waals surface area contributed by atoms with Crippen LogP contribution in [0.2, 0.25) is 0 Å². The van der Waals surface area contributed by atoms with E-state index in [-0.39, 0.29) is 5.76 Å². The minimum Gasteiger partial charge on any atom is -0.481 e. The molecule has 124 valence electrons. The van der Waals surface area contributed by atoms with Gasteiger partial charge in [0.15, 0.2) is 17.7 Å². The van der Waals surface area contributed by atoms with E-state index in [0.717, 1.165) is 42.8 Å². The number of furan rings is 1. The average Bonchev–Trinajstić information content (AvgIpc) is 3.27. The highest BCUT2D eigenvalue weighted by atomic mass is 16.5. The molecule has 4 rings (SSSR count). The van der Waals surface area contributed by atoms with Crippen molar-refractivity contribution < 1.29 is 13.9 Å². The number of aldehydes is 1. The SMILES string of the molecule is COc1cc(C2CCCNC2)nc2c(-c3coc(C=O)c3)cnn12. The van der Waals surface area contributed by atoms with E-state index in [0.29, 0.717) is 23.7 Å². The van der Waals surface area contributed by atoms with Crippen LogP contribution in [0.4, 0.5) is 0 Å². The lowest BCUT2D eigenvalue weighted by Crippen LogP contribution is -2.29. The summed E-state index contributed by atoms with van der Waals surface area (Å²) in [7, 11) is 1.63. The molecule has 1 saturated heterocycles. The van der Waals surface area contributed by atoms with Crippen LogP contribution in [0.15, 0.2) is 29.0 Å². The van der Waals surface area contributed by atoms with Gasteiger partial charge in [-0.05, 0) is 25.5 Å². The van der Waals surface area contributed by atoms with E-state index in [1.54, 1.807) is 30.2 Å². The molecule has 1 aliphatic heterocycles. The van der Waals surface area contributed by atoms with Crippen molar-refractivity contribution in [3.05, 3.63) is 36.0 Å². The van der Waals surface area contributed by atoms with Crippen molar-refractivity contribution in [1.82, 2.24) is 19.9 Å². The summed E-state index contributed by atoms with van der Waals surface area (Å²) in [4.78, 5) is 15.7. The van der Waals surface area contributed by atoms with E-state index in [4.69, 9.17) is 14.1 Å². The van der Waals surface area contributed by atoms with Crippen molar-refractivity contribution in [2.24, 2.45) is 0 Å². The summed E-state index contributed by atoms with van der Waals surface area (Å²) in [6.07, 6.45) is 6.18. The van der Waals surface area contributed by atoms with Crippen LogP contribution in [0.25, 0.3) is 16.8 Å². The van der Waals surface area contributed by atoms with Crippen LogP contribution in [-0.2, 0) is 0 Å². The predicted molar refractivity (Wildman–Crippen MR) is 87.5 cm³/mol. The summed E-state index contributed by atoms with van der Waals surface area (Å²) in [6.45, 7) is 1.97. The second kappa shape index (κ2) is 6.09. The van der Waals surface area contributed by atoms with Crippen LogP contribution >= 0.6 is 0 Å². The van der Waals surface area contributed by atoms with E-state index in [1.807, 2.05) is 6.07 Å². The maximum absolute atomic E-state index is 10.9. The van der Waals surface area contributed by atoms with Gasteiger partial charge in [0.25, 0.3) is 0 Å². The molecule has 7 heteroatoms. The topological polar surface area (TPSA) is 81.7 Å². The molecule has 0 aromatic carbocycles. The highest BCUT2D eigenvalue weighted by Crippen LogP contribution is 2.31. The Hall–Kier alpha value is -2.67. The maximum atomic E-state index is 10.9. The van der Waals surface area contributed by atoms with E-state index < -0.39 is 0 Å². The molecule has 1 fully saturated rings. The Balaban J connectivity index is 1.84. The van der Waals surface area contributed by atoms with Gasteiger partial charge in [0.05, 0.1) is 25.3 Å². The Kier molecular flexibility index (Phi) is 3.78. The first-order chi connectivity index (χ1) is 11.8. The Morgan fingerprint density at radius 2 is 2.38 bits per heavy atom. The Morgan fingerprint density at radius 3 is 3.08 bits per heavy atom.